The second kappa shape index (κ2) is 6.42. The lowest BCUT2D eigenvalue weighted by Gasteiger charge is -2.40. The summed E-state index contributed by atoms with van der Waals surface area (Å²) in [5, 5.41) is 20.6. The number of hydrogen-bond acceptors (Lipinski definition) is 6. The van der Waals surface area contributed by atoms with Crippen molar-refractivity contribution in [3.63, 3.8) is 0 Å². The molecule has 3 rings (SSSR count). The van der Waals surface area contributed by atoms with Gasteiger partial charge in [-0.05, 0) is 32.8 Å². The zero-order chi connectivity index (χ0) is 19.1. The number of aliphatic hydroxyl groups is 1. The summed E-state index contributed by atoms with van der Waals surface area (Å²) in [6.45, 7) is 5.08. The smallest absolute Gasteiger partial charge is 0.268 e. The average Bonchev–Trinajstić information content (AvgIpc) is 2.60. The van der Waals surface area contributed by atoms with E-state index in [-0.39, 0.29) is 11.2 Å². The minimum absolute atomic E-state index is 0.0893. The zero-order valence-corrected chi connectivity index (χ0v) is 15.6. The molecule has 136 valence electrons. The van der Waals surface area contributed by atoms with E-state index in [1.807, 2.05) is 6.07 Å². The summed E-state index contributed by atoms with van der Waals surface area (Å²) < 4.78 is 5.59. The van der Waals surface area contributed by atoms with Crippen LogP contribution in [0.15, 0.2) is 17.1 Å². The third kappa shape index (κ3) is 3.20. The summed E-state index contributed by atoms with van der Waals surface area (Å²) in [6.07, 6.45) is 3.14. The predicted octanol–water partition coefficient (Wildman–Crippen LogP) is 0.598. The maximum Gasteiger partial charge on any atom is 0.268 e. The molecule has 0 saturated carbocycles. The van der Waals surface area contributed by atoms with Crippen molar-refractivity contribution < 1.29 is 9.84 Å². The number of H-pyrrole nitrogens is 1. The number of fused-ring (bicyclic) bond motifs is 1. The normalized spacial score (nSPS) is 19.1. The van der Waals surface area contributed by atoms with Crippen LogP contribution in [0, 0.1) is 11.3 Å². The SMILES string of the molecule is B[C@](C)(O)c1cc2c(N3CCC(C)(OC)CC3)c(C#N)c(=O)[nH]c2cn1. The van der Waals surface area contributed by atoms with Crippen LogP contribution in [0.3, 0.4) is 0 Å². The number of hydrogen-bond donors (Lipinski definition) is 2. The Morgan fingerprint density at radius 1 is 1.50 bits per heavy atom. The van der Waals surface area contributed by atoms with Crippen LogP contribution in [-0.4, -0.2) is 48.7 Å². The first-order valence-electron chi connectivity index (χ1n) is 8.67. The second-order valence-corrected chi connectivity index (χ2v) is 7.60. The maximum absolute atomic E-state index is 12.4. The van der Waals surface area contributed by atoms with Crippen molar-refractivity contribution in [1.29, 1.82) is 5.26 Å². The van der Waals surface area contributed by atoms with Gasteiger partial charge in [-0.2, -0.15) is 5.26 Å². The minimum atomic E-state index is -1.12. The van der Waals surface area contributed by atoms with Gasteiger partial charge in [0.25, 0.3) is 5.56 Å². The lowest BCUT2D eigenvalue weighted by atomic mass is 9.80. The van der Waals surface area contributed by atoms with Crippen molar-refractivity contribution in [3.05, 3.63) is 33.9 Å². The molecule has 1 saturated heterocycles. The number of aromatic amines is 1. The van der Waals surface area contributed by atoms with Gasteiger partial charge in [0.2, 0.25) is 0 Å². The number of piperidine rings is 1. The van der Waals surface area contributed by atoms with Crippen LogP contribution in [0.5, 0.6) is 0 Å². The Labute approximate surface area is 153 Å². The number of nitriles is 1. The first kappa shape index (κ1) is 18.4. The van der Waals surface area contributed by atoms with Gasteiger partial charge in [-0.1, -0.05) is 0 Å². The lowest BCUT2D eigenvalue weighted by molar-refractivity contribution is -0.0132. The summed E-state index contributed by atoms with van der Waals surface area (Å²) in [5.74, 6) is 0. The van der Waals surface area contributed by atoms with E-state index in [2.05, 4.69) is 21.8 Å². The van der Waals surface area contributed by atoms with E-state index in [4.69, 9.17) is 4.74 Å². The third-order valence-corrected chi connectivity index (χ3v) is 5.24. The molecule has 0 amide bonds. The second-order valence-electron chi connectivity index (χ2n) is 7.60. The summed E-state index contributed by atoms with van der Waals surface area (Å²) in [5.41, 5.74) is 0.00000806. The quantitative estimate of drug-likeness (QED) is 0.783. The van der Waals surface area contributed by atoms with Crippen LogP contribution in [0.4, 0.5) is 5.69 Å². The molecule has 0 bridgehead atoms. The molecule has 2 N–H and O–H groups in total. The highest BCUT2D eigenvalue weighted by Crippen LogP contribution is 2.34. The predicted molar refractivity (Wildman–Crippen MR) is 102 cm³/mol. The number of rotatable bonds is 3. The molecule has 1 aliphatic heterocycles. The van der Waals surface area contributed by atoms with Crippen LogP contribution in [0.25, 0.3) is 10.9 Å². The van der Waals surface area contributed by atoms with Crippen LogP contribution in [0.2, 0.25) is 0 Å². The van der Waals surface area contributed by atoms with Crippen LogP contribution >= 0.6 is 0 Å². The Balaban J connectivity index is 2.19. The summed E-state index contributed by atoms with van der Waals surface area (Å²) in [7, 11) is 3.36. The molecule has 0 radical (unpaired) electrons. The fourth-order valence-corrected chi connectivity index (χ4v) is 3.35. The summed E-state index contributed by atoms with van der Waals surface area (Å²) >= 11 is 0. The van der Waals surface area contributed by atoms with E-state index in [9.17, 15) is 15.2 Å². The van der Waals surface area contributed by atoms with Crippen molar-refractivity contribution in [1.82, 2.24) is 9.97 Å². The molecule has 7 nitrogen and oxygen atoms in total. The van der Waals surface area contributed by atoms with Crippen molar-refractivity contribution in [3.8, 4) is 6.07 Å². The highest BCUT2D eigenvalue weighted by molar-refractivity contribution is 6.14. The van der Waals surface area contributed by atoms with Gasteiger partial charge in [0, 0.05) is 25.6 Å². The van der Waals surface area contributed by atoms with Crippen LogP contribution in [0.1, 0.15) is 37.9 Å². The van der Waals surface area contributed by atoms with E-state index in [1.54, 1.807) is 27.9 Å². The highest BCUT2D eigenvalue weighted by atomic mass is 16.5. The van der Waals surface area contributed by atoms with Gasteiger partial charge in [0.05, 0.1) is 34.2 Å². The molecular formula is C18H23BN4O3. The van der Waals surface area contributed by atoms with Gasteiger partial charge in [0.15, 0.2) is 7.85 Å². The lowest BCUT2D eigenvalue weighted by Crippen LogP contribution is -2.44. The molecule has 1 atom stereocenters. The number of methoxy groups -OCH3 is 1. The minimum Gasteiger partial charge on any atom is -0.393 e. The standard InChI is InChI=1S/C18H23BN4O3/c1-17(26-3)4-6-23(7-5-17)15-11-8-14(18(2,19)25)21-10-13(11)22-16(24)12(15)9-20/h8,10,25H,4-7,19H2,1-3H3,(H,22,24)/t18-/m1/s1. The topological polar surface area (TPSA) is 102 Å². The molecule has 0 unspecified atom stereocenters. The monoisotopic (exact) mass is 354 g/mol. The molecule has 8 heteroatoms. The van der Waals surface area contributed by atoms with E-state index in [0.29, 0.717) is 35.4 Å². The fraction of sp³-hybridized carbons (Fsp3) is 0.500. The van der Waals surface area contributed by atoms with E-state index < -0.39 is 11.1 Å². The van der Waals surface area contributed by atoms with Gasteiger partial charge < -0.3 is 19.7 Å². The Hall–Kier alpha value is -2.37. The van der Waals surface area contributed by atoms with Crippen molar-refractivity contribution in [2.75, 3.05) is 25.1 Å². The Bertz CT molecular complexity index is 934. The molecule has 3 heterocycles. The Morgan fingerprint density at radius 3 is 2.69 bits per heavy atom. The number of ether oxygens (including phenoxy) is 1. The van der Waals surface area contributed by atoms with Crippen LogP contribution < -0.4 is 10.5 Å². The largest absolute Gasteiger partial charge is 0.393 e. The first-order valence-corrected chi connectivity index (χ1v) is 8.67. The van der Waals surface area contributed by atoms with Crippen molar-refractivity contribution in [2.24, 2.45) is 0 Å². The Kier molecular flexibility index (Phi) is 4.55. The van der Waals surface area contributed by atoms with Crippen molar-refractivity contribution >= 4 is 24.4 Å². The molecule has 1 aliphatic rings. The van der Waals surface area contributed by atoms with Crippen molar-refractivity contribution in [2.45, 2.75) is 37.8 Å². The average molecular weight is 354 g/mol. The molecule has 0 aromatic carbocycles. The van der Waals surface area contributed by atoms with Gasteiger partial charge >= 0.3 is 0 Å². The molecule has 0 spiro atoms. The van der Waals surface area contributed by atoms with Crippen LogP contribution in [-0.2, 0) is 10.2 Å². The maximum atomic E-state index is 12.4. The number of nitrogens with zero attached hydrogens (tertiary/aromatic N) is 3. The van der Waals surface area contributed by atoms with E-state index >= 15 is 0 Å². The summed E-state index contributed by atoms with van der Waals surface area (Å²) in [4.78, 5) is 21.4. The molecule has 1 fully saturated rings. The third-order valence-electron chi connectivity index (χ3n) is 5.24. The number of aromatic nitrogens is 2. The van der Waals surface area contributed by atoms with Gasteiger partial charge in [-0.3, -0.25) is 9.78 Å². The molecule has 2 aromatic heterocycles. The number of nitrogens with one attached hydrogen (secondary N) is 1. The number of pyridine rings is 2. The van der Waals surface area contributed by atoms with Gasteiger partial charge in [-0.25, -0.2) is 0 Å². The molecular weight excluding hydrogens is 331 g/mol. The van der Waals surface area contributed by atoms with Gasteiger partial charge in [-0.15, -0.1) is 0 Å². The van der Waals surface area contributed by atoms with E-state index in [0.717, 1.165) is 12.8 Å². The first-order chi connectivity index (χ1) is 12.2. The Morgan fingerprint density at radius 2 is 2.15 bits per heavy atom. The zero-order valence-electron chi connectivity index (χ0n) is 15.6. The summed E-state index contributed by atoms with van der Waals surface area (Å²) in [6, 6.07) is 3.80. The highest BCUT2D eigenvalue weighted by Gasteiger charge is 2.32. The van der Waals surface area contributed by atoms with E-state index in [1.165, 1.54) is 6.20 Å². The molecule has 0 aliphatic carbocycles. The van der Waals surface area contributed by atoms with Gasteiger partial charge in [0.1, 0.15) is 11.6 Å². The number of anilines is 1. The fourth-order valence-electron chi connectivity index (χ4n) is 3.35. The molecule has 26 heavy (non-hydrogen) atoms. The molecule has 2 aromatic rings.